The minimum Gasteiger partial charge on any atom is -0.320 e. The summed E-state index contributed by atoms with van der Waals surface area (Å²) in [5, 5.41) is 6.96. The van der Waals surface area contributed by atoms with Gasteiger partial charge in [0.15, 0.2) is 0 Å². The summed E-state index contributed by atoms with van der Waals surface area (Å²) in [6.07, 6.45) is 1.50. The Bertz CT molecular complexity index is 598. The Labute approximate surface area is 108 Å². The lowest BCUT2D eigenvalue weighted by molar-refractivity contribution is 0.102. The van der Waals surface area contributed by atoms with Crippen LogP contribution in [0.15, 0.2) is 30.5 Å². The molecule has 0 fully saturated rings. The number of carbonyl (C=O) groups is 1. The van der Waals surface area contributed by atoms with E-state index in [1.54, 1.807) is 18.2 Å². The van der Waals surface area contributed by atoms with Crippen LogP contribution in [0.1, 0.15) is 15.9 Å². The summed E-state index contributed by atoms with van der Waals surface area (Å²) in [6, 6.07) is 7.10. The molecule has 6 heteroatoms. The van der Waals surface area contributed by atoms with Crippen molar-refractivity contribution in [2.45, 2.75) is 0 Å². The molecule has 0 aliphatic rings. The lowest BCUT2D eigenvalue weighted by Gasteiger charge is -2.03. The molecule has 0 aliphatic carbocycles. The molecule has 0 atom stereocenters. The number of anilines is 1. The first-order valence-electron chi connectivity index (χ1n) is 5.18. The Morgan fingerprint density at radius 1 is 1.44 bits per heavy atom. The molecule has 18 heavy (non-hydrogen) atoms. The zero-order chi connectivity index (χ0) is 12.8. The maximum atomic E-state index is 12.0. The minimum absolute atomic E-state index is 0.233. The zero-order valence-corrected chi connectivity index (χ0v) is 10.2. The van der Waals surface area contributed by atoms with Crippen molar-refractivity contribution in [1.82, 2.24) is 9.59 Å². The van der Waals surface area contributed by atoms with Gasteiger partial charge in [-0.25, -0.2) is 0 Å². The number of carbonyl (C=O) groups excluding carboxylic acids is 1. The van der Waals surface area contributed by atoms with E-state index in [0.29, 0.717) is 16.1 Å². The quantitative estimate of drug-likeness (QED) is 0.790. The Balaban J connectivity index is 2.24. The SMILES string of the molecule is NCC#Cc1ccccc1C(=O)Nc1cnns1. The Kier molecular flexibility index (Phi) is 4.02. The van der Waals surface area contributed by atoms with E-state index in [9.17, 15) is 4.79 Å². The van der Waals surface area contributed by atoms with Crippen LogP contribution in [0.5, 0.6) is 0 Å². The number of hydrogen-bond acceptors (Lipinski definition) is 5. The molecule has 3 N–H and O–H groups in total. The van der Waals surface area contributed by atoms with E-state index in [4.69, 9.17) is 5.73 Å². The summed E-state index contributed by atoms with van der Waals surface area (Å²) in [6.45, 7) is 0.259. The van der Waals surface area contributed by atoms with E-state index in [-0.39, 0.29) is 12.5 Å². The van der Waals surface area contributed by atoms with Crippen LogP contribution >= 0.6 is 11.5 Å². The molecule has 2 aromatic rings. The van der Waals surface area contributed by atoms with Gasteiger partial charge in [0.2, 0.25) is 0 Å². The van der Waals surface area contributed by atoms with Crippen molar-refractivity contribution in [2.75, 3.05) is 11.9 Å². The molecule has 1 aromatic heterocycles. The number of nitrogens with two attached hydrogens (primary N) is 1. The van der Waals surface area contributed by atoms with Crippen LogP contribution in [0.25, 0.3) is 0 Å². The van der Waals surface area contributed by atoms with Crippen molar-refractivity contribution in [1.29, 1.82) is 0 Å². The van der Waals surface area contributed by atoms with Crippen molar-refractivity contribution >= 4 is 22.4 Å². The minimum atomic E-state index is -0.233. The van der Waals surface area contributed by atoms with Crippen LogP contribution in [-0.4, -0.2) is 22.0 Å². The van der Waals surface area contributed by atoms with Crippen molar-refractivity contribution in [3.8, 4) is 11.8 Å². The summed E-state index contributed by atoms with van der Waals surface area (Å²) in [5.74, 6) is 5.37. The van der Waals surface area contributed by atoms with E-state index < -0.39 is 0 Å². The topological polar surface area (TPSA) is 80.9 Å². The molecule has 90 valence electrons. The van der Waals surface area contributed by atoms with Crippen molar-refractivity contribution < 1.29 is 4.79 Å². The van der Waals surface area contributed by atoms with Crippen molar-refractivity contribution in [3.63, 3.8) is 0 Å². The fraction of sp³-hybridized carbons (Fsp3) is 0.0833. The number of benzene rings is 1. The van der Waals surface area contributed by atoms with E-state index in [2.05, 4.69) is 26.7 Å². The summed E-state index contributed by atoms with van der Waals surface area (Å²) in [4.78, 5) is 12.0. The second-order valence-corrected chi connectivity index (χ2v) is 4.07. The highest BCUT2D eigenvalue weighted by molar-refractivity contribution is 7.10. The van der Waals surface area contributed by atoms with Crippen LogP contribution in [0.4, 0.5) is 5.00 Å². The average molecular weight is 258 g/mol. The van der Waals surface area contributed by atoms with Gasteiger partial charge in [-0.05, 0) is 12.1 Å². The predicted molar refractivity (Wildman–Crippen MR) is 70.2 cm³/mol. The summed E-state index contributed by atoms with van der Waals surface area (Å²) in [7, 11) is 0. The first-order valence-corrected chi connectivity index (χ1v) is 5.95. The molecule has 0 saturated carbocycles. The van der Waals surface area contributed by atoms with Crippen LogP contribution in [0, 0.1) is 11.8 Å². The fourth-order valence-electron chi connectivity index (χ4n) is 1.34. The third-order valence-electron chi connectivity index (χ3n) is 2.09. The maximum Gasteiger partial charge on any atom is 0.257 e. The van der Waals surface area contributed by atoms with Crippen molar-refractivity contribution in [2.24, 2.45) is 5.73 Å². The van der Waals surface area contributed by atoms with Gasteiger partial charge in [0.25, 0.3) is 5.91 Å². The first-order chi connectivity index (χ1) is 8.81. The highest BCUT2D eigenvalue weighted by Gasteiger charge is 2.10. The van der Waals surface area contributed by atoms with Gasteiger partial charge in [0.05, 0.1) is 18.3 Å². The van der Waals surface area contributed by atoms with Gasteiger partial charge >= 0.3 is 0 Å². The van der Waals surface area contributed by atoms with Gasteiger partial charge < -0.3 is 11.1 Å². The standard InChI is InChI=1S/C12H10N4OS/c13-7-3-5-9-4-1-2-6-10(9)12(17)15-11-8-14-16-18-11/h1-2,4,6,8H,7,13H2,(H,15,17). The zero-order valence-electron chi connectivity index (χ0n) is 9.38. The molecule has 0 bridgehead atoms. The molecule has 1 amide bonds. The fourth-order valence-corrected chi connectivity index (χ4v) is 1.75. The normalized spacial score (nSPS) is 9.39. The maximum absolute atomic E-state index is 12.0. The third kappa shape index (κ3) is 2.91. The number of amides is 1. The highest BCUT2D eigenvalue weighted by atomic mass is 32.1. The van der Waals surface area contributed by atoms with Gasteiger partial charge in [-0.15, -0.1) is 5.10 Å². The van der Waals surface area contributed by atoms with Gasteiger partial charge in [-0.1, -0.05) is 28.5 Å². The second-order valence-electron chi connectivity index (χ2n) is 3.29. The molecular formula is C12H10N4OS. The lowest BCUT2D eigenvalue weighted by atomic mass is 10.1. The molecule has 0 radical (unpaired) electrons. The average Bonchev–Trinajstić information content (AvgIpc) is 2.89. The molecule has 1 aromatic carbocycles. The van der Waals surface area contributed by atoms with Crippen LogP contribution in [-0.2, 0) is 0 Å². The number of nitrogens with zero attached hydrogens (tertiary/aromatic N) is 2. The molecule has 5 nitrogen and oxygen atoms in total. The summed E-state index contributed by atoms with van der Waals surface area (Å²) in [5.41, 5.74) is 6.48. The Hall–Kier alpha value is -2.23. The summed E-state index contributed by atoms with van der Waals surface area (Å²) >= 11 is 1.12. The molecule has 0 unspecified atom stereocenters. The van der Waals surface area contributed by atoms with E-state index in [0.717, 1.165) is 11.5 Å². The van der Waals surface area contributed by atoms with E-state index in [1.807, 2.05) is 6.07 Å². The smallest absolute Gasteiger partial charge is 0.257 e. The second kappa shape index (κ2) is 5.91. The number of aromatic nitrogens is 2. The van der Waals surface area contributed by atoms with E-state index >= 15 is 0 Å². The molecule has 0 aliphatic heterocycles. The lowest BCUT2D eigenvalue weighted by Crippen LogP contribution is -2.12. The van der Waals surface area contributed by atoms with Gasteiger partial charge in [-0.3, -0.25) is 4.79 Å². The van der Waals surface area contributed by atoms with Crippen LogP contribution < -0.4 is 11.1 Å². The van der Waals surface area contributed by atoms with Crippen LogP contribution in [0.3, 0.4) is 0 Å². The van der Waals surface area contributed by atoms with Crippen LogP contribution in [0.2, 0.25) is 0 Å². The number of nitrogens with one attached hydrogen (secondary N) is 1. The van der Waals surface area contributed by atoms with Gasteiger partial charge in [-0.2, -0.15) is 0 Å². The molecule has 0 saturated heterocycles. The Morgan fingerprint density at radius 2 is 2.28 bits per heavy atom. The summed E-state index contributed by atoms with van der Waals surface area (Å²) < 4.78 is 3.67. The molecule has 0 spiro atoms. The molecule has 1 heterocycles. The largest absolute Gasteiger partial charge is 0.320 e. The first kappa shape index (κ1) is 12.2. The molecule has 2 rings (SSSR count). The number of hydrogen-bond donors (Lipinski definition) is 2. The molecular weight excluding hydrogens is 248 g/mol. The number of rotatable bonds is 2. The Morgan fingerprint density at radius 3 is 3.00 bits per heavy atom. The van der Waals surface area contributed by atoms with Crippen molar-refractivity contribution in [3.05, 3.63) is 41.6 Å². The third-order valence-corrected chi connectivity index (χ3v) is 2.67. The highest BCUT2D eigenvalue weighted by Crippen LogP contribution is 2.13. The monoisotopic (exact) mass is 258 g/mol. The predicted octanol–water partition coefficient (Wildman–Crippen LogP) is 1.10. The van der Waals surface area contributed by atoms with Gasteiger partial charge in [0.1, 0.15) is 5.00 Å². The van der Waals surface area contributed by atoms with Gasteiger partial charge in [0, 0.05) is 17.1 Å². The van der Waals surface area contributed by atoms with E-state index in [1.165, 1.54) is 6.20 Å².